The zero-order chi connectivity index (χ0) is 46.5. The van der Waals surface area contributed by atoms with Gasteiger partial charge >= 0.3 is 0 Å². The lowest BCUT2D eigenvalue weighted by molar-refractivity contribution is 0.471. The number of pyridine rings is 1. The Morgan fingerprint density at radius 3 is 1.76 bits per heavy atom. The van der Waals surface area contributed by atoms with Crippen molar-refractivity contribution >= 4 is 11.0 Å². The molecular weight excluding hydrogens is 803 g/mol. The smallest absolute Gasteiger partial charge is 0.149 e. The molecule has 0 aliphatic carbocycles. The quantitative estimate of drug-likeness (QED) is 0.157. The van der Waals surface area contributed by atoms with E-state index in [0.717, 1.165) is 89.2 Å². The van der Waals surface area contributed by atoms with Crippen molar-refractivity contribution in [3.8, 4) is 89.7 Å². The number of fused-ring (bicyclic) bond motifs is 1. The molecule has 2 heterocycles. The fourth-order valence-corrected chi connectivity index (χ4v) is 9.01. The van der Waals surface area contributed by atoms with Crippen LogP contribution < -0.4 is 0 Å². The predicted molar refractivity (Wildman–Crippen MR) is 276 cm³/mol. The van der Waals surface area contributed by atoms with Crippen molar-refractivity contribution in [3.63, 3.8) is 0 Å². The molecule has 2 aromatic heterocycles. The first kappa shape index (κ1) is 40.9. The van der Waals surface area contributed by atoms with Gasteiger partial charge in [-0.25, -0.2) is 4.98 Å². The van der Waals surface area contributed by atoms with E-state index in [4.69, 9.17) is 11.3 Å². The van der Waals surface area contributed by atoms with Gasteiger partial charge in [-0.3, -0.25) is 9.55 Å². The summed E-state index contributed by atoms with van der Waals surface area (Å²) in [5, 5.41) is 12.1. The predicted octanol–water partition coefficient (Wildman–Crippen LogP) is 16.5. The van der Waals surface area contributed by atoms with E-state index in [2.05, 4.69) is 189 Å². The molecule has 0 aliphatic heterocycles. The lowest BCUT2D eigenvalue weighted by Crippen LogP contribution is -2.12. The number of rotatable bonds is 9. The molecule has 0 saturated heterocycles. The normalized spacial score (nSPS) is 12.1. The average molecular weight is 857 g/mol. The number of phenolic OH excluding ortho intramolecular Hbond substituents is 1. The number of aromatic hydroxyl groups is 1. The Morgan fingerprint density at radius 1 is 0.515 bits per heavy atom. The molecule has 0 unspecified atom stereocenters. The molecule has 66 heavy (non-hydrogen) atoms. The van der Waals surface area contributed by atoms with Crippen LogP contribution in [0.2, 0.25) is 0 Å². The third kappa shape index (κ3) is 8.12. The summed E-state index contributed by atoms with van der Waals surface area (Å²) in [6.07, 6.45) is 1.90. The fourth-order valence-electron chi connectivity index (χ4n) is 9.01. The van der Waals surface area contributed by atoms with E-state index in [1.165, 1.54) is 11.1 Å². The summed E-state index contributed by atoms with van der Waals surface area (Å²) in [6, 6.07) is 67.9. The molecule has 0 bridgehead atoms. The number of hydrogen-bond acceptors (Lipinski definition) is 3. The highest BCUT2D eigenvalue weighted by Gasteiger charge is 2.26. The van der Waals surface area contributed by atoms with Crippen LogP contribution in [-0.4, -0.2) is 19.6 Å². The zero-order valence-electron chi connectivity index (χ0n) is 39.3. The number of phenols is 1. The van der Waals surface area contributed by atoms with Crippen LogP contribution in [0.15, 0.2) is 200 Å². The second kappa shape index (κ2) is 17.3. The van der Waals surface area contributed by atoms with Crippen molar-refractivity contribution < 1.29 is 6.48 Å². The van der Waals surface area contributed by atoms with E-state index in [1.54, 1.807) is 0 Å². The lowest BCUT2D eigenvalue weighted by Gasteiger charge is -2.22. The van der Waals surface area contributed by atoms with Crippen LogP contribution in [0.3, 0.4) is 0 Å². The van der Waals surface area contributed by atoms with Crippen LogP contribution in [0.5, 0.6) is 5.75 Å². The number of para-hydroxylation sites is 1. The maximum Gasteiger partial charge on any atom is 0.149 e. The van der Waals surface area contributed by atoms with Crippen molar-refractivity contribution in [1.82, 2.24) is 14.5 Å². The van der Waals surface area contributed by atoms with Gasteiger partial charge in [0, 0.05) is 24.3 Å². The highest BCUT2D eigenvalue weighted by atomic mass is 16.3. The lowest BCUT2D eigenvalue weighted by atomic mass is 9.84. The van der Waals surface area contributed by atoms with Gasteiger partial charge in [-0.1, -0.05) is 174 Å². The first-order valence-corrected chi connectivity index (χ1v) is 22.7. The van der Waals surface area contributed by atoms with E-state index < -0.39 is 5.89 Å². The molecule has 0 radical (unpaired) electrons. The molecule has 0 saturated carbocycles. The van der Waals surface area contributed by atoms with Gasteiger partial charge in [0.15, 0.2) is 0 Å². The van der Waals surface area contributed by atoms with Crippen LogP contribution >= 0.6 is 0 Å². The number of nitrogens with zero attached hydrogens (tertiary/aromatic N) is 3. The summed E-state index contributed by atoms with van der Waals surface area (Å²) in [5.41, 5.74) is 18.4. The minimum atomic E-state index is -0.825. The molecule has 322 valence electrons. The maximum atomic E-state index is 12.1. The van der Waals surface area contributed by atoms with Crippen molar-refractivity contribution in [2.24, 2.45) is 0 Å². The summed E-state index contributed by atoms with van der Waals surface area (Å²) in [5.74, 6) is 0.00975. The molecule has 4 heteroatoms. The molecule has 0 aliphatic rings. The van der Waals surface area contributed by atoms with E-state index in [1.807, 2.05) is 57.3 Å². The third-order valence-corrected chi connectivity index (χ3v) is 12.7. The summed E-state index contributed by atoms with van der Waals surface area (Å²) >= 11 is 0. The first-order chi connectivity index (χ1) is 32.3. The minimum absolute atomic E-state index is 0.184. The standard InChI is InChI=1S/C62H53N3O/c1-40(2)47-29-30-57(54(37-47)46-21-14-9-15-22-46)65-58-24-16-23-53(59(58)64-61(65)55-39-52(62(4,5)6)33-41(3)60(55)66)50-34-49(43-19-12-8-13-20-43)35-51(36-50)56-38-48(31-32-63-56)45-27-25-44(26-28-45)42-17-10-7-11-18-42/h7-40,66H,1-6H3/i40D. The van der Waals surface area contributed by atoms with Gasteiger partial charge in [0.25, 0.3) is 0 Å². The molecule has 0 amide bonds. The average Bonchev–Trinajstić information content (AvgIpc) is 3.74. The molecule has 1 N–H and O–H groups in total. The Kier molecular flexibility index (Phi) is 10.7. The van der Waals surface area contributed by atoms with Gasteiger partial charge in [-0.15, -0.1) is 0 Å². The van der Waals surface area contributed by atoms with E-state index in [9.17, 15) is 5.11 Å². The van der Waals surface area contributed by atoms with Crippen molar-refractivity contribution in [2.75, 3.05) is 0 Å². The molecule has 0 spiro atoms. The van der Waals surface area contributed by atoms with Gasteiger partial charge in [0.1, 0.15) is 11.6 Å². The number of imidazole rings is 1. The zero-order valence-corrected chi connectivity index (χ0v) is 38.3. The second-order valence-corrected chi connectivity index (χ2v) is 18.5. The molecule has 10 aromatic rings. The van der Waals surface area contributed by atoms with Crippen molar-refractivity contribution in [2.45, 2.75) is 52.9 Å². The SMILES string of the molecule is [2H]C(C)(C)c1ccc(-n2c(-c3cc(C(C)(C)C)cc(C)c3O)nc3c(-c4cc(-c5ccccc5)cc(-c5cc(-c6ccc(-c7ccccc7)cc6)ccn5)c4)cccc32)c(-c2ccccc2)c1. The first-order valence-electron chi connectivity index (χ1n) is 23.2. The van der Waals surface area contributed by atoms with Crippen LogP contribution in [0.25, 0.3) is 95.0 Å². The van der Waals surface area contributed by atoms with E-state index in [-0.39, 0.29) is 11.2 Å². The maximum absolute atomic E-state index is 12.1. The number of hydrogen-bond donors (Lipinski definition) is 1. The second-order valence-electron chi connectivity index (χ2n) is 18.5. The molecular formula is C62H53N3O. The van der Waals surface area contributed by atoms with E-state index >= 15 is 0 Å². The van der Waals surface area contributed by atoms with Crippen LogP contribution in [0.1, 0.15) is 58.6 Å². The largest absolute Gasteiger partial charge is 0.507 e. The van der Waals surface area contributed by atoms with Crippen molar-refractivity contribution in [1.29, 1.82) is 0 Å². The topological polar surface area (TPSA) is 50.9 Å². The molecule has 0 fully saturated rings. The highest BCUT2D eigenvalue weighted by molar-refractivity contribution is 5.98. The Morgan fingerprint density at radius 2 is 1.11 bits per heavy atom. The Bertz CT molecular complexity index is 3420. The Hall–Kier alpha value is -7.82. The summed E-state index contributed by atoms with van der Waals surface area (Å²) < 4.78 is 11.2. The van der Waals surface area contributed by atoms with Gasteiger partial charge < -0.3 is 5.11 Å². The number of benzene rings is 8. The van der Waals surface area contributed by atoms with Crippen LogP contribution in [-0.2, 0) is 5.41 Å². The highest BCUT2D eigenvalue weighted by Crippen LogP contribution is 2.44. The Labute approximate surface area is 390 Å². The summed E-state index contributed by atoms with van der Waals surface area (Å²) in [4.78, 5) is 10.6. The van der Waals surface area contributed by atoms with Crippen LogP contribution in [0.4, 0.5) is 0 Å². The number of aryl methyl sites for hydroxylation is 1. The summed E-state index contributed by atoms with van der Waals surface area (Å²) in [7, 11) is 0. The number of aromatic nitrogens is 3. The van der Waals surface area contributed by atoms with Gasteiger partial charge in [0.2, 0.25) is 0 Å². The third-order valence-electron chi connectivity index (χ3n) is 12.7. The fraction of sp³-hybridized carbons (Fsp3) is 0.129. The minimum Gasteiger partial charge on any atom is -0.507 e. The monoisotopic (exact) mass is 856 g/mol. The molecule has 8 aromatic carbocycles. The summed E-state index contributed by atoms with van der Waals surface area (Å²) in [6.45, 7) is 12.4. The van der Waals surface area contributed by atoms with E-state index in [0.29, 0.717) is 11.4 Å². The van der Waals surface area contributed by atoms with Gasteiger partial charge in [-0.2, -0.15) is 0 Å². The Balaban J connectivity index is 1.20. The molecule has 10 rings (SSSR count). The van der Waals surface area contributed by atoms with Gasteiger partial charge in [0.05, 0.1) is 28.0 Å². The van der Waals surface area contributed by atoms with Gasteiger partial charge in [-0.05, 0) is 134 Å². The van der Waals surface area contributed by atoms with Crippen molar-refractivity contribution in [3.05, 3.63) is 217 Å². The van der Waals surface area contributed by atoms with Crippen LogP contribution in [0, 0.1) is 6.92 Å². The molecule has 4 nitrogen and oxygen atoms in total. The molecule has 0 atom stereocenters.